The molecule has 1 rings (SSSR count). The summed E-state index contributed by atoms with van der Waals surface area (Å²) >= 11 is 0. The van der Waals surface area contributed by atoms with Crippen molar-refractivity contribution in [3.63, 3.8) is 0 Å². The van der Waals surface area contributed by atoms with E-state index in [1.807, 2.05) is 0 Å². The predicted octanol–water partition coefficient (Wildman–Crippen LogP) is 3.26. The lowest BCUT2D eigenvalue weighted by atomic mass is 9.75. The van der Waals surface area contributed by atoms with Gasteiger partial charge in [0.2, 0.25) is 0 Å². The molecule has 102 valence electrons. The summed E-state index contributed by atoms with van der Waals surface area (Å²) in [4.78, 5) is 2.67. The first-order valence-corrected chi connectivity index (χ1v) is 7.49. The van der Waals surface area contributed by atoms with Crippen molar-refractivity contribution >= 4 is 0 Å². The van der Waals surface area contributed by atoms with Crippen molar-refractivity contribution in [2.75, 3.05) is 19.6 Å². The van der Waals surface area contributed by atoms with Crippen LogP contribution in [0.3, 0.4) is 0 Å². The molecule has 2 unspecified atom stereocenters. The van der Waals surface area contributed by atoms with E-state index in [1.165, 1.54) is 38.6 Å². The monoisotopic (exact) mass is 240 g/mol. The van der Waals surface area contributed by atoms with Gasteiger partial charge in [-0.3, -0.25) is 4.90 Å². The van der Waals surface area contributed by atoms with Gasteiger partial charge in [0.25, 0.3) is 0 Å². The number of likely N-dealkylation sites (N-methyl/N-ethyl adjacent to an activating group) is 1. The molecular weight excluding hydrogens is 208 g/mol. The zero-order chi connectivity index (χ0) is 12.9. The first-order chi connectivity index (χ1) is 8.04. The number of hydrogen-bond acceptors (Lipinski definition) is 2. The van der Waals surface area contributed by atoms with Crippen molar-refractivity contribution in [3.05, 3.63) is 0 Å². The first-order valence-electron chi connectivity index (χ1n) is 7.49. The normalized spacial score (nSPS) is 30.2. The van der Waals surface area contributed by atoms with Gasteiger partial charge in [0.15, 0.2) is 0 Å². The highest BCUT2D eigenvalue weighted by atomic mass is 15.2. The zero-order valence-corrected chi connectivity index (χ0v) is 12.3. The average molecular weight is 240 g/mol. The first kappa shape index (κ1) is 15.0. The van der Waals surface area contributed by atoms with Crippen LogP contribution in [0.15, 0.2) is 0 Å². The van der Waals surface area contributed by atoms with Crippen molar-refractivity contribution in [2.24, 2.45) is 17.6 Å². The van der Waals surface area contributed by atoms with Gasteiger partial charge in [-0.05, 0) is 44.2 Å². The molecule has 0 bridgehead atoms. The molecule has 1 saturated carbocycles. The van der Waals surface area contributed by atoms with Crippen molar-refractivity contribution in [3.8, 4) is 0 Å². The second-order valence-electron chi connectivity index (χ2n) is 6.39. The molecule has 0 spiro atoms. The molecule has 2 heteroatoms. The standard InChI is InChI=1S/C15H32N2/c1-5-17(10-8-13(2)3)15(12-16)9-6-7-14(4)11-15/h13-14H,5-12,16H2,1-4H3. The Morgan fingerprint density at radius 2 is 2.12 bits per heavy atom. The van der Waals surface area contributed by atoms with Crippen LogP contribution in [0.1, 0.15) is 59.8 Å². The van der Waals surface area contributed by atoms with E-state index in [9.17, 15) is 0 Å². The minimum Gasteiger partial charge on any atom is -0.329 e. The van der Waals surface area contributed by atoms with Gasteiger partial charge in [-0.2, -0.15) is 0 Å². The van der Waals surface area contributed by atoms with E-state index in [0.717, 1.165) is 24.9 Å². The van der Waals surface area contributed by atoms with Crippen LogP contribution in [-0.4, -0.2) is 30.1 Å². The van der Waals surface area contributed by atoms with E-state index in [4.69, 9.17) is 5.73 Å². The van der Waals surface area contributed by atoms with Crippen LogP contribution < -0.4 is 5.73 Å². The molecule has 0 aliphatic heterocycles. The van der Waals surface area contributed by atoms with E-state index < -0.39 is 0 Å². The molecule has 1 aliphatic rings. The molecule has 0 saturated heterocycles. The number of hydrogen-bond donors (Lipinski definition) is 1. The highest BCUT2D eigenvalue weighted by molar-refractivity contribution is 4.95. The van der Waals surface area contributed by atoms with E-state index in [0.29, 0.717) is 5.54 Å². The van der Waals surface area contributed by atoms with Crippen LogP contribution in [0, 0.1) is 11.8 Å². The Labute approximate surface area is 108 Å². The van der Waals surface area contributed by atoms with Gasteiger partial charge in [0, 0.05) is 12.1 Å². The van der Waals surface area contributed by atoms with Gasteiger partial charge < -0.3 is 5.73 Å². The minimum absolute atomic E-state index is 0.307. The molecule has 0 amide bonds. The van der Waals surface area contributed by atoms with Crippen LogP contribution >= 0.6 is 0 Å². The molecular formula is C15H32N2. The lowest BCUT2D eigenvalue weighted by Crippen LogP contribution is -2.56. The molecule has 0 aromatic heterocycles. The largest absolute Gasteiger partial charge is 0.329 e. The third-order valence-corrected chi connectivity index (χ3v) is 4.48. The highest BCUT2D eigenvalue weighted by Crippen LogP contribution is 2.36. The van der Waals surface area contributed by atoms with Gasteiger partial charge in [0.1, 0.15) is 0 Å². The van der Waals surface area contributed by atoms with Crippen LogP contribution in [0.5, 0.6) is 0 Å². The summed E-state index contributed by atoms with van der Waals surface area (Å²) in [7, 11) is 0. The van der Waals surface area contributed by atoms with E-state index in [1.54, 1.807) is 0 Å². The lowest BCUT2D eigenvalue weighted by Gasteiger charge is -2.48. The van der Waals surface area contributed by atoms with E-state index >= 15 is 0 Å². The Morgan fingerprint density at radius 3 is 2.59 bits per heavy atom. The second kappa shape index (κ2) is 6.75. The fraction of sp³-hybridized carbons (Fsp3) is 1.00. The summed E-state index contributed by atoms with van der Waals surface area (Å²) in [6.45, 7) is 12.5. The summed E-state index contributed by atoms with van der Waals surface area (Å²) in [5, 5.41) is 0. The van der Waals surface area contributed by atoms with Gasteiger partial charge in [-0.15, -0.1) is 0 Å². The number of nitrogens with zero attached hydrogens (tertiary/aromatic N) is 1. The Balaban J connectivity index is 2.66. The van der Waals surface area contributed by atoms with Gasteiger partial charge in [-0.25, -0.2) is 0 Å². The number of rotatable bonds is 6. The summed E-state index contributed by atoms with van der Waals surface area (Å²) in [5.41, 5.74) is 6.45. The molecule has 2 N–H and O–H groups in total. The van der Waals surface area contributed by atoms with Crippen molar-refractivity contribution < 1.29 is 0 Å². The smallest absolute Gasteiger partial charge is 0.0334 e. The Morgan fingerprint density at radius 1 is 1.41 bits per heavy atom. The van der Waals surface area contributed by atoms with E-state index in [-0.39, 0.29) is 0 Å². The zero-order valence-electron chi connectivity index (χ0n) is 12.3. The molecule has 0 aromatic rings. The Hall–Kier alpha value is -0.0800. The highest BCUT2D eigenvalue weighted by Gasteiger charge is 2.38. The summed E-state index contributed by atoms with van der Waals surface area (Å²) in [6.07, 6.45) is 6.65. The fourth-order valence-corrected chi connectivity index (χ4v) is 3.38. The molecule has 0 heterocycles. The van der Waals surface area contributed by atoms with Gasteiger partial charge in [-0.1, -0.05) is 40.5 Å². The quantitative estimate of drug-likeness (QED) is 0.772. The molecule has 17 heavy (non-hydrogen) atoms. The second-order valence-corrected chi connectivity index (χ2v) is 6.39. The minimum atomic E-state index is 0.307. The number of nitrogens with two attached hydrogens (primary N) is 1. The molecule has 2 atom stereocenters. The molecule has 0 aromatic carbocycles. The summed E-state index contributed by atoms with van der Waals surface area (Å²) in [5.74, 6) is 1.64. The predicted molar refractivity (Wildman–Crippen MR) is 76.1 cm³/mol. The van der Waals surface area contributed by atoms with Crippen LogP contribution in [0.4, 0.5) is 0 Å². The van der Waals surface area contributed by atoms with Crippen molar-refractivity contribution in [1.82, 2.24) is 4.90 Å². The lowest BCUT2D eigenvalue weighted by molar-refractivity contribution is 0.0398. The average Bonchev–Trinajstić information content (AvgIpc) is 2.29. The van der Waals surface area contributed by atoms with Crippen molar-refractivity contribution in [2.45, 2.75) is 65.3 Å². The van der Waals surface area contributed by atoms with Gasteiger partial charge in [0.05, 0.1) is 0 Å². The summed E-state index contributed by atoms with van der Waals surface area (Å²) in [6, 6.07) is 0. The third kappa shape index (κ3) is 3.96. The SMILES string of the molecule is CCN(CCC(C)C)C1(CN)CCCC(C)C1. The Kier molecular flexibility index (Phi) is 5.94. The maximum atomic E-state index is 6.14. The van der Waals surface area contributed by atoms with Crippen LogP contribution in [0.2, 0.25) is 0 Å². The van der Waals surface area contributed by atoms with Crippen molar-refractivity contribution in [1.29, 1.82) is 0 Å². The maximum Gasteiger partial charge on any atom is 0.0334 e. The van der Waals surface area contributed by atoms with Crippen LogP contribution in [-0.2, 0) is 0 Å². The van der Waals surface area contributed by atoms with Crippen LogP contribution in [0.25, 0.3) is 0 Å². The fourth-order valence-electron chi connectivity index (χ4n) is 3.38. The third-order valence-electron chi connectivity index (χ3n) is 4.48. The molecule has 0 radical (unpaired) electrons. The summed E-state index contributed by atoms with van der Waals surface area (Å²) < 4.78 is 0. The molecule has 2 nitrogen and oxygen atoms in total. The van der Waals surface area contributed by atoms with E-state index in [2.05, 4.69) is 32.6 Å². The van der Waals surface area contributed by atoms with Gasteiger partial charge >= 0.3 is 0 Å². The molecule has 1 fully saturated rings. The topological polar surface area (TPSA) is 29.3 Å². The Bertz CT molecular complexity index is 215. The molecule has 1 aliphatic carbocycles. The maximum absolute atomic E-state index is 6.14.